The van der Waals surface area contributed by atoms with E-state index in [1.165, 1.54) is 36.0 Å². The van der Waals surface area contributed by atoms with Crippen LogP contribution in [0.25, 0.3) is 0 Å². The number of hydrogen-bond acceptors (Lipinski definition) is 8. The SMILES string of the molecule is CCNc1nn(CC)cc1S(=O)(=O)N1C[C@H](CCC(C)=O)Oc2ccc(CC(=O)OC(C)(C)C(F)(F)F)cc21. The minimum Gasteiger partial charge on any atom is -0.486 e. The number of ketones is 1. The summed E-state index contributed by atoms with van der Waals surface area (Å²) in [5.41, 5.74) is -2.34. The second-order valence-electron chi connectivity index (χ2n) is 9.71. The van der Waals surface area contributed by atoms with Gasteiger partial charge in [0.05, 0.1) is 18.7 Å². The molecular formula is C25H33F3N4O6S. The van der Waals surface area contributed by atoms with E-state index in [0.717, 1.165) is 18.2 Å². The summed E-state index contributed by atoms with van der Waals surface area (Å²) >= 11 is 0. The molecule has 10 nitrogen and oxygen atoms in total. The molecule has 1 aliphatic heterocycles. The number of sulfonamides is 1. The summed E-state index contributed by atoms with van der Waals surface area (Å²) in [6, 6.07) is 4.29. The number of carbonyl (C=O) groups excluding carboxylic acids is 2. The zero-order valence-electron chi connectivity index (χ0n) is 22.5. The van der Waals surface area contributed by atoms with Crippen molar-refractivity contribution in [3.05, 3.63) is 30.0 Å². The maximum absolute atomic E-state index is 14.0. The maximum atomic E-state index is 14.0. The highest BCUT2D eigenvalue weighted by Gasteiger charge is 2.50. The van der Waals surface area contributed by atoms with E-state index in [1.807, 2.05) is 6.92 Å². The number of alkyl halides is 3. The molecule has 1 aromatic carbocycles. The summed E-state index contributed by atoms with van der Waals surface area (Å²) in [5.74, 6) is -0.838. The Labute approximate surface area is 225 Å². The minimum atomic E-state index is -4.76. The van der Waals surface area contributed by atoms with Crippen LogP contribution in [0, 0.1) is 0 Å². The Morgan fingerprint density at radius 2 is 1.92 bits per heavy atom. The third kappa shape index (κ3) is 6.84. The van der Waals surface area contributed by atoms with Gasteiger partial charge < -0.3 is 19.6 Å². The van der Waals surface area contributed by atoms with E-state index in [1.54, 1.807) is 6.92 Å². The largest absolute Gasteiger partial charge is 0.486 e. The highest BCUT2D eigenvalue weighted by atomic mass is 32.2. The summed E-state index contributed by atoms with van der Waals surface area (Å²) < 4.78 is 80.7. The van der Waals surface area contributed by atoms with Crippen molar-refractivity contribution in [1.29, 1.82) is 0 Å². The highest BCUT2D eigenvalue weighted by molar-refractivity contribution is 7.93. The van der Waals surface area contributed by atoms with Crippen molar-refractivity contribution in [1.82, 2.24) is 9.78 Å². The number of nitrogens with zero attached hydrogens (tertiary/aromatic N) is 3. The van der Waals surface area contributed by atoms with Gasteiger partial charge in [-0.15, -0.1) is 0 Å². The molecule has 3 rings (SSSR count). The van der Waals surface area contributed by atoms with Crippen molar-refractivity contribution in [3.63, 3.8) is 0 Å². The first-order valence-electron chi connectivity index (χ1n) is 12.5. The van der Waals surface area contributed by atoms with E-state index < -0.39 is 40.3 Å². The molecule has 0 unspecified atom stereocenters. The molecule has 0 aliphatic carbocycles. The van der Waals surface area contributed by atoms with E-state index in [0.29, 0.717) is 13.1 Å². The molecule has 0 fully saturated rings. The van der Waals surface area contributed by atoms with Gasteiger partial charge in [0.25, 0.3) is 10.0 Å². The molecule has 39 heavy (non-hydrogen) atoms. The van der Waals surface area contributed by atoms with E-state index in [9.17, 15) is 31.2 Å². The molecule has 0 amide bonds. The van der Waals surface area contributed by atoms with Gasteiger partial charge in [-0.25, -0.2) is 8.42 Å². The minimum absolute atomic E-state index is 0.0684. The van der Waals surface area contributed by atoms with Gasteiger partial charge in [0, 0.05) is 25.7 Å². The molecular weight excluding hydrogens is 541 g/mol. The number of ether oxygens (including phenoxy) is 2. The zero-order valence-corrected chi connectivity index (χ0v) is 23.3. The van der Waals surface area contributed by atoms with Crippen LogP contribution in [-0.2, 0) is 37.3 Å². The van der Waals surface area contributed by atoms with E-state index in [4.69, 9.17) is 4.74 Å². The van der Waals surface area contributed by atoms with Crippen molar-refractivity contribution in [2.24, 2.45) is 0 Å². The van der Waals surface area contributed by atoms with Gasteiger partial charge in [-0.3, -0.25) is 13.8 Å². The van der Waals surface area contributed by atoms with E-state index in [-0.39, 0.29) is 52.9 Å². The summed E-state index contributed by atoms with van der Waals surface area (Å²) in [4.78, 5) is 23.9. The van der Waals surface area contributed by atoms with Crippen LogP contribution >= 0.6 is 0 Å². The van der Waals surface area contributed by atoms with E-state index in [2.05, 4.69) is 15.2 Å². The smallest absolute Gasteiger partial charge is 0.427 e. The zero-order chi connectivity index (χ0) is 29.2. The van der Waals surface area contributed by atoms with Crippen LogP contribution in [0.1, 0.15) is 53.0 Å². The van der Waals surface area contributed by atoms with Crippen molar-refractivity contribution in [2.75, 3.05) is 22.7 Å². The average molecular weight is 575 g/mol. The van der Waals surface area contributed by atoms with Crippen LogP contribution in [0.15, 0.2) is 29.3 Å². The third-order valence-corrected chi connectivity index (χ3v) is 7.92. The number of rotatable bonds is 11. The van der Waals surface area contributed by atoms with Crippen molar-refractivity contribution < 1.29 is 40.7 Å². The first-order valence-corrected chi connectivity index (χ1v) is 13.9. The molecule has 1 aliphatic rings. The monoisotopic (exact) mass is 574 g/mol. The summed E-state index contributed by atoms with van der Waals surface area (Å²) in [7, 11) is -4.22. The number of Topliss-reactive ketones (excluding diaryl/α,β-unsaturated/α-hetero) is 1. The Hall–Kier alpha value is -3.29. The lowest BCUT2D eigenvalue weighted by atomic mass is 10.1. The normalized spacial score (nSPS) is 15.9. The highest BCUT2D eigenvalue weighted by Crippen LogP contribution is 2.40. The van der Waals surface area contributed by atoms with Gasteiger partial charge >= 0.3 is 12.1 Å². The van der Waals surface area contributed by atoms with Crippen molar-refractivity contribution in [2.45, 2.75) is 83.2 Å². The Bertz CT molecular complexity index is 1320. The number of aromatic nitrogens is 2. The number of esters is 1. The van der Waals surface area contributed by atoms with Gasteiger partial charge in [-0.05, 0) is 58.7 Å². The Morgan fingerprint density at radius 3 is 2.51 bits per heavy atom. The Balaban J connectivity index is 2.01. The predicted molar refractivity (Wildman–Crippen MR) is 137 cm³/mol. The molecule has 0 spiro atoms. The van der Waals surface area contributed by atoms with Gasteiger partial charge in [0.1, 0.15) is 22.5 Å². The lowest BCUT2D eigenvalue weighted by molar-refractivity contribution is -0.257. The number of halogens is 3. The van der Waals surface area contributed by atoms with Gasteiger partial charge in [-0.2, -0.15) is 18.3 Å². The molecule has 1 aromatic heterocycles. The standard InChI is InChI=1S/C25H33F3N4O6S/c1-6-29-23-21(15-31(7-2)30-23)39(35,36)32-14-18(10-8-16(3)33)37-20-11-9-17(12-19(20)32)13-22(34)38-24(4,5)25(26,27)28/h9,11-12,15,18H,6-8,10,13-14H2,1-5H3,(H,29,30)/t18-/m0/s1. The van der Waals surface area contributed by atoms with Gasteiger partial charge in [0.15, 0.2) is 5.82 Å². The second kappa shape index (κ2) is 11.4. The number of nitrogens with one attached hydrogen (secondary N) is 1. The molecule has 0 saturated carbocycles. The summed E-state index contributed by atoms with van der Waals surface area (Å²) in [6.45, 7) is 7.26. The van der Waals surface area contributed by atoms with Crippen LogP contribution < -0.4 is 14.4 Å². The molecule has 1 atom stereocenters. The number of benzene rings is 1. The van der Waals surface area contributed by atoms with Crippen molar-refractivity contribution in [3.8, 4) is 5.75 Å². The van der Waals surface area contributed by atoms with Gasteiger partial charge in [-0.1, -0.05) is 6.07 Å². The van der Waals surface area contributed by atoms with Gasteiger partial charge in [0.2, 0.25) is 5.60 Å². The lowest BCUT2D eigenvalue weighted by Gasteiger charge is -2.35. The quantitative estimate of drug-likeness (QED) is 0.399. The fourth-order valence-corrected chi connectivity index (χ4v) is 5.53. The van der Waals surface area contributed by atoms with Crippen LogP contribution in [0.2, 0.25) is 0 Å². The number of aryl methyl sites for hydroxylation is 1. The fourth-order valence-electron chi connectivity index (χ4n) is 3.92. The molecule has 14 heteroatoms. The molecule has 0 bridgehead atoms. The number of hydrogen-bond donors (Lipinski definition) is 1. The molecule has 1 N–H and O–H groups in total. The number of anilines is 2. The third-order valence-electron chi connectivity index (χ3n) is 6.14. The second-order valence-corrected chi connectivity index (χ2v) is 11.5. The van der Waals surface area contributed by atoms with Crippen LogP contribution in [0.4, 0.5) is 24.7 Å². The first kappa shape index (κ1) is 30.3. The summed E-state index contributed by atoms with van der Waals surface area (Å²) in [5, 5.41) is 7.25. The van der Waals surface area contributed by atoms with Crippen LogP contribution in [0.5, 0.6) is 5.75 Å². The molecule has 216 valence electrons. The molecule has 2 heterocycles. The molecule has 0 saturated heterocycles. The predicted octanol–water partition coefficient (Wildman–Crippen LogP) is 4.09. The topological polar surface area (TPSA) is 120 Å². The van der Waals surface area contributed by atoms with Crippen LogP contribution in [-0.4, -0.2) is 60.9 Å². The fraction of sp³-hybridized carbons (Fsp3) is 0.560. The summed E-state index contributed by atoms with van der Waals surface area (Å²) in [6.07, 6.45) is -4.06. The van der Waals surface area contributed by atoms with E-state index >= 15 is 0 Å². The number of fused-ring (bicyclic) bond motifs is 1. The molecule has 0 radical (unpaired) electrons. The Morgan fingerprint density at radius 1 is 1.23 bits per heavy atom. The van der Waals surface area contributed by atoms with Crippen molar-refractivity contribution >= 4 is 33.3 Å². The Kier molecular flexibility index (Phi) is 8.88. The maximum Gasteiger partial charge on any atom is 0.427 e. The number of carbonyl (C=O) groups is 2. The first-order chi connectivity index (χ1) is 18.1. The van der Waals surface area contributed by atoms with Crippen LogP contribution in [0.3, 0.4) is 0 Å². The average Bonchev–Trinajstić information content (AvgIpc) is 3.25. The lowest BCUT2D eigenvalue weighted by Crippen LogP contribution is -2.44. The molecule has 2 aromatic rings.